The van der Waals surface area contributed by atoms with Gasteiger partial charge in [-0.15, -0.1) is 11.3 Å². The van der Waals surface area contributed by atoms with E-state index in [2.05, 4.69) is 38.7 Å². The molecule has 3 atom stereocenters. The molecule has 5 amide bonds. The monoisotopic (exact) mass is 1050 g/mol. The third kappa shape index (κ3) is 13.9. The van der Waals surface area contributed by atoms with E-state index in [1.54, 1.807) is 23.2 Å². The van der Waals surface area contributed by atoms with E-state index in [0.717, 1.165) is 103 Å². The van der Waals surface area contributed by atoms with Crippen molar-refractivity contribution in [2.45, 2.75) is 156 Å². The minimum absolute atomic E-state index is 0.00692. The van der Waals surface area contributed by atoms with Crippen LogP contribution in [0.15, 0.2) is 54.0 Å². The number of benzene rings is 3. The molecule has 16 nitrogen and oxygen atoms in total. The molecule has 0 unspecified atom stereocenters. The molecule has 0 bridgehead atoms. The lowest BCUT2D eigenvalue weighted by molar-refractivity contribution is -0.144. The number of thiazole rings is 1. The molecular formula is C58H77N7O9S. The van der Waals surface area contributed by atoms with Crippen molar-refractivity contribution in [3.05, 3.63) is 93.1 Å². The number of hydrogen-bond acceptors (Lipinski definition) is 12. The van der Waals surface area contributed by atoms with Gasteiger partial charge in [0.15, 0.2) is 0 Å². The number of nitrogens with one attached hydrogen (secondary N) is 2. The molecule has 1 saturated carbocycles. The summed E-state index contributed by atoms with van der Waals surface area (Å²) >= 11 is 1.58. The molecule has 404 valence electrons. The Morgan fingerprint density at radius 3 is 2.21 bits per heavy atom. The van der Waals surface area contributed by atoms with Gasteiger partial charge in [-0.25, -0.2) is 4.98 Å². The molecule has 17 heteroatoms. The highest BCUT2D eigenvalue weighted by molar-refractivity contribution is 7.13. The number of phenolic OH excluding ortho intramolecular Hbond substituents is 2. The number of aliphatic hydroxyl groups excluding tert-OH is 1. The summed E-state index contributed by atoms with van der Waals surface area (Å²) < 4.78 is 6.22. The van der Waals surface area contributed by atoms with Gasteiger partial charge in [-0.05, 0) is 78.7 Å². The number of aromatic hydroxyl groups is 2. The summed E-state index contributed by atoms with van der Waals surface area (Å²) in [6.07, 6.45) is 8.49. The molecule has 1 aliphatic carbocycles. The molecule has 0 radical (unpaired) electrons. The van der Waals surface area contributed by atoms with Gasteiger partial charge in [-0.1, -0.05) is 95.3 Å². The number of fused-ring (bicyclic) bond motifs is 1. The second kappa shape index (κ2) is 24.7. The van der Waals surface area contributed by atoms with E-state index in [1.807, 2.05) is 62.4 Å². The molecular weight excluding hydrogens is 971 g/mol. The van der Waals surface area contributed by atoms with Crippen molar-refractivity contribution in [3.8, 4) is 27.7 Å². The fourth-order valence-electron chi connectivity index (χ4n) is 11.0. The first-order valence-electron chi connectivity index (χ1n) is 27.1. The summed E-state index contributed by atoms with van der Waals surface area (Å²) in [6.45, 7) is 14.4. The fraction of sp³-hybridized carbons (Fsp3) is 0.552. The Hall–Kier alpha value is -6.04. The van der Waals surface area contributed by atoms with E-state index in [-0.39, 0.29) is 72.4 Å². The van der Waals surface area contributed by atoms with Gasteiger partial charge in [0.2, 0.25) is 23.6 Å². The second-order valence-electron chi connectivity index (χ2n) is 22.3. The van der Waals surface area contributed by atoms with Crippen molar-refractivity contribution < 1.29 is 44.0 Å². The fourth-order valence-corrected chi connectivity index (χ4v) is 11.8. The first-order chi connectivity index (χ1) is 35.9. The van der Waals surface area contributed by atoms with Crippen LogP contribution >= 0.6 is 11.3 Å². The number of piperazine rings is 1. The van der Waals surface area contributed by atoms with Gasteiger partial charge in [-0.3, -0.25) is 28.9 Å². The van der Waals surface area contributed by atoms with Crippen molar-refractivity contribution in [1.29, 1.82) is 0 Å². The van der Waals surface area contributed by atoms with Gasteiger partial charge in [0.25, 0.3) is 5.91 Å². The number of likely N-dealkylation sites (tertiary alicyclic amines) is 1. The first kappa shape index (κ1) is 55.2. The molecule has 1 aromatic heterocycles. The van der Waals surface area contributed by atoms with Crippen LogP contribution in [0.3, 0.4) is 0 Å². The summed E-state index contributed by atoms with van der Waals surface area (Å²) in [5, 5.41) is 38.0. The number of nitrogens with zero attached hydrogens (tertiary/aromatic N) is 5. The number of rotatable bonds is 19. The number of aliphatic hydroxyl groups is 1. The normalized spacial score (nSPS) is 18.7. The molecule has 5 N–H and O–H groups in total. The maximum atomic E-state index is 14.1. The topological polar surface area (TPSA) is 205 Å². The second-order valence-corrected chi connectivity index (χ2v) is 23.2. The molecule has 2 saturated heterocycles. The molecule has 0 spiro atoms. The number of β-amino-alcohol motifs (C(OH)–C–C–N with tert-alkyl or cyclic N) is 1. The zero-order valence-electron chi connectivity index (χ0n) is 44.5. The zero-order chi connectivity index (χ0) is 53.4. The number of carbonyl (C=O) groups is 5. The molecule has 75 heavy (non-hydrogen) atoms. The van der Waals surface area contributed by atoms with Gasteiger partial charge in [0.05, 0.1) is 28.8 Å². The molecule has 4 aromatic rings. The van der Waals surface area contributed by atoms with Crippen LogP contribution in [0.25, 0.3) is 10.4 Å². The number of aromatic nitrogens is 1. The molecule has 3 fully saturated rings. The van der Waals surface area contributed by atoms with Gasteiger partial charge < -0.3 is 45.4 Å². The van der Waals surface area contributed by atoms with Crippen LogP contribution in [-0.2, 0) is 45.4 Å². The van der Waals surface area contributed by atoms with Crippen LogP contribution in [0.4, 0.5) is 0 Å². The molecule has 8 rings (SSSR count). The average Bonchev–Trinajstić information content (AvgIpc) is 4.14. The number of carbonyl (C=O) groups excluding carboxylic acids is 5. The summed E-state index contributed by atoms with van der Waals surface area (Å²) in [5.74, 6) is -0.930. The molecule has 4 aliphatic rings. The van der Waals surface area contributed by atoms with Crippen LogP contribution in [-0.4, -0.2) is 127 Å². The third-order valence-electron chi connectivity index (χ3n) is 15.6. The smallest absolute Gasteiger partial charge is 0.262 e. The van der Waals surface area contributed by atoms with E-state index >= 15 is 0 Å². The Kier molecular flexibility index (Phi) is 18.2. The standard InChI is InChI=1S/C58H77N7O9S/c1-37-47(67)29-48(68)51(52(37)74-35-40-13-9-8-10-14-40)56(72)64-32-43-22-19-41(27-44(43)33-64)31-62-23-25-63(26-24-62)50(70)16-12-7-6-11-15-49(69)61-54(58(3,4)5)57(73)65-34-45(66)28-46(65)55(71)59-30-39-17-20-42(21-18-39)53-38(2)60-36-75-53/h17-22,27,29,36,40,45-46,54,66-68H,6-16,23-26,28,30-35H2,1-5H3,(H,59,71)(H,61,69)/t45-,46+,54-/m1/s1. The van der Waals surface area contributed by atoms with Crippen LogP contribution < -0.4 is 15.4 Å². The highest BCUT2D eigenvalue weighted by atomic mass is 32.1. The van der Waals surface area contributed by atoms with E-state index in [1.165, 1.54) is 17.4 Å². The predicted octanol–water partition coefficient (Wildman–Crippen LogP) is 7.75. The SMILES string of the molecule is Cc1ncsc1-c1ccc(CNC(=O)[C@@H]2C[C@@H](O)CN2C(=O)[C@@H](NC(=O)CCCCCCC(=O)N2CCN(Cc3ccc4c(c3)CN(C(=O)c3c(O)cc(O)c(C)c3OCC3CCCCC3)C4)CC2)C(C)(C)C)cc1. The lowest BCUT2D eigenvalue weighted by atomic mass is 9.85. The highest BCUT2D eigenvalue weighted by Gasteiger charge is 2.44. The Morgan fingerprint density at radius 1 is 0.827 bits per heavy atom. The van der Waals surface area contributed by atoms with Crippen LogP contribution in [0.1, 0.15) is 142 Å². The highest BCUT2D eigenvalue weighted by Crippen LogP contribution is 2.41. The molecule has 3 aliphatic heterocycles. The van der Waals surface area contributed by atoms with Crippen molar-refractivity contribution in [3.63, 3.8) is 0 Å². The van der Waals surface area contributed by atoms with Gasteiger partial charge in [0, 0.05) is 89.8 Å². The van der Waals surface area contributed by atoms with Crippen molar-refractivity contribution in [2.24, 2.45) is 11.3 Å². The lowest BCUT2D eigenvalue weighted by Gasteiger charge is -2.35. The zero-order valence-corrected chi connectivity index (χ0v) is 45.3. The minimum Gasteiger partial charge on any atom is -0.507 e. The Balaban J connectivity index is 0.727. The molecule has 4 heterocycles. The number of hydrogen-bond donors (Lipinski definition) is 5. The van der Waals surface area contributed by atoms with E-state index in [0.29, 0.717) is 57.1 Å². The van der Waals surface area contributed by atoms with E-state index in [4.69, 9.17) is 4.74 Å². The van der Waals surface area contributed by atoms with Crippen molar-refractivity contribution in [1.82, 2.24) is 35.2 Å². The van der Waals surface area contributed by atoms with Gasteiger partial charge in [0.1, 0.15) is 34.9 Å². The minimum atomic E-state index is -0.896. The van der Waals surface area contributed by atoms with Crippen molar-refractivity contribution in [2.75, 3.05) is 39.3 Å². The van der Waals surface area contributed by atoms with E-state index in [9.17, 15) is 39.3 Å². The largest absolute Gasteiger partial charge is 0.507 e. The average molecular weight is 1050 g/mol. The summed E-state index contributed by atoms with van der Waals surface area (Å²) in [6, 6.07) is 13.7. The van der Waals surface area contributed by atoms with Gasteiger partial charge >= 0.3 is 0 Å². The Bertz CT molecular complexity index is 2670. The van der Waals surface area contributed by atoms with Crippen LogP contribution in [0.5, 0.6) is 17.2 Å². The van der Waals surface area contributed by atoms with Crippen molar-refractivity contribution >= 4 is 40.9 Å². The van der Waals surface area contributed by atoms with Gasteiger partial charge in [-0.2, -0.15) is 0 Å². The van der Waals surface area contributed by atoms with Crippen LogP contribution in [0, 0.1) is 25.2 Å². The summed E-state index contributed by atoms with van der Waals surface area (Å²) in [7, 11) is 0. The number of amides is 5. The quantitative estimate of drug-likeness (QED) is 0.0575. The number of phenols is 2. The molecule has 3 aromatic carbocycles. The summed E-state index contributed by atoms with van der Waals surface area (Å²) in [4.78, 5) is 81.0. The van der Waals surface area contributed by atoms with Crippen LogP contribution in [0.2, 0.25) is 0 Å². The predicted molar refractivity (Wildman–Crippen MR) is 288 cm³/mol. The number of ether oxygens (including phenoxy) is 1. The maximum absolute atomic E-state index is 14.1. The first-order valence-corrected chi connectivity index (χ1v) is 27.9. The lowest BCUT2D eigenvalue weighted by Crippen LogP contribution is -2.57. The Labute approximate surface area is 445 Å². The van der Waals surface area contributed by atoms with E-state index < -0.39 is 29.5 Å². The maximum Gasteiger partial charge on any atom is 0.262 e. The third-order valence-corrected chi connectivity index (χ3v) is 16.5. The number of unbranched alkanes of at least 4 members (excludes halogenated alkanes) is 3. The Morgan fingerprint density at radius 2 is 1.52 bits per heavy atom. The summed E-state index contributed by atoms with van der Waals surface area (Å²) in [5.41, 5.74) is 7.88. The number of aryl methyl sites for hydroxylation is 1.